The summed E-state index contributed by atoms with van der Waals surface area (Å²) in [6.45, 7) is 1.63. The lowest BCUT2D eigenvalue weighted by Gasteiger charge is -2.34. The van der Waals surface area contributed by atoms with Gasteiger partial charge in [-0.1, -0.05) is 12.2 Å². The minimum atomic E-state index is -0.425. The fourth-order valence-electron chi connectivity index (χ4n) is 5.30. The number of amides is 1. The van der Waals surface area contributed by atoms with Crippen molar-refractivity contribution in [3.63, 3.8) is 0 Å². The number of nitrogens with zero attached hydrogens (tertiary/aromatic N) is 2. The number of hydrogen-bond donors (Lipinski definition) is 0. The van der Waals surface area contributed by atoms with Gasteiger partial charge in [0.15, 0.2) is 11.5 Å². The molecule has 1 amide bonds. The van der Waals surface area contributed by atoms with Crippen molar-refractivity contribution in [1.29, 1.82) is 0 Å². The third kappa shape index (κ3) is 4.16. The smallest absolute Gasteiger partial charge is 0.415 e. The van der Waals surface area contributed by atoms with E-state index in [0.29, 0.717) is 31.4 Å². The molecule has 1 spiro atoms. The molecule has 3 heterocycles. The van der Waals surface area contributed by atoms with Crippen LogP contribution in [-0.2, 0) is 4.74 Å². The van der Waals surface area contributed by atoms with Crippen LogP contribution in [0, 0.1) is 5.92 Å². The number of carbonyl (C=O) groups excluding carboxylic acids is 1. The van der Waals surface area contributed by atoms with E-state index in [9.17, 15) is 4.79 Å². The second kappa shape index (κ2) is 8.80. The Morgan fingerprint density at radius 2 is 1.89 bits per heavy atom. The van der Waals surface area contributed by atoms with Crippen molar-refractivity contribution in [3.05, 3.63) is 60.3 Å². The molecule has 0 atom stereocenters. The standard InChI is InChI=1S/C28H28N2O5/c1-32-22-5-6-24-23(17-22)20(10-13-29-24)3-2-19-8-11-28(12-9-19)18-30(27(31)35-28)21-4-7-25-26(16-21)34-15-14-33-25/h2-7,10,13,16-17,19H,8-9,11-12,14-15,18H2,1H3/b3-2+/t19-,28-. The number of fused-ring (bicyclic) bond motifs is 2. The third-order valence-corrected chi connectivity index (χ3v) is 7.28. The molecule has 180 valence electrons. The first-order chi connectivity index (χ1) is 17.1. The van der Waals surface area contributed by atoms with Gasteiger partial charge in [0.25, 0.3) is 0 Å². The second-order valence-corrected chi connectivity index (χ2v) is 9.44. The Balaban J connectivity index is 1.13. The van der Waals surface area contributed by atoms with Crippen molar-refractivity contribution in [2.24, 2.45) is 5.92 Å². The normalized spacial score (nSPS) is 23.7. The number of carbonyl (C=O) groups is 1. The predicted octanol–water partition coefficient (Wildman–Crippen LogP) is 5.61. The fraction of sp³-hybridized carbons (Fsp3) is 0.357. The van der Waals surface area contributed by atoms with E-state index < -0.39 is 5.60 Å². The molecule has 2 fully saturated rings. The molecule has 7 nitrogen and oxygen atoms in total. The quantitative estimate of drug-likeness (QED) is 0.491. The first-order valence-electron chi connectivity index (χ1n) is 12.1. The minimum Gasteiger partial charge on any atom is -0.497 e. The number of allylic oxidation sites excluding steroid dienone is 1. The van der Waals surface area contributed by atoms with Gasteiger partial charge in [-0.2, -0.15) is 0 Å². The van der Waals surface area contributed by atoms with Crippen LogP contribution in [0.4, 0.5) is 10.5 Å². The molecule has 1 aromatic heterocycles. The number of aromatic nitrogens is 1. The van der Waals surface area contributed by atoms with Crippen LogP contribution in [0.1, 0.15) is 31.2 Å². The van der Waals surface area contributed by atoms with Gasteiger partial charge in [-0.3, -0.25) is 9.88 Å². The molecule has 1 saturated heterocycles. The minimum absolute atomic E-state index is 0.284. The summed E-state index contributed by atoms with van der Waals surface area (Å²) in [5.74, 6) is 2.66. The predicted molar refractivity (Wildman–Crippen MR) is 133 cm³/mol. The van der Waals surface area contributed by atoms with Gasteiger partial charge in [-0.05, 0) is 73.6 Å². The SMILES string of the molecule is COc1ccc2nccc(/C=C/[C@H]3CC[C@]4(CC3)CN(c3ccc5c(c3)OCCO5)C(=O)O4)c2c1. The van der Waals surface area contributed by atoms with E-state index in [2.05, 4.69) is 17.1 Å². The Kier molecular flexibility index (Phi) is 5.47. The summed E-state index contributed by atoms with van der Waals surface area (Å²) in [7, 11) is 1.68. The number of ether oxygens (including phenoxy) is 4. The number of hydrogen-bond acceptors (Lipinski definition) is 6. The topological polar surface area (TPSA) is 70.1 Å². The van der Waals surface area contributed by atoms with Gasteiger partial charge in [-0.15, -0.1) is 0 Å². The highest BCUT2D eigenvalue weighted by Gasteiger charge is 2.47. The van der Waals surface area contributed by atoms with Crippen LogP contribution in [0.2, 0.25) is 0 Å². The Hall–Kier alpha value is -3.74. The molecule has 1 aliphatic carbocycles. The summed E-state index contributed by atoms with van der Waals surface area (Å²) in [4.78, 5) is 19.0. The van der Waals surface area contributed by atoms with E-state index in [1.165, 1.54) is 0 Å². The van der Waals surface area contributed by atoms with Gasteiger partial charge in [-0.25, -0.2) is 4.79 Å². The van der Waals surface area contributed by atoms with E-state index in [4.69, 9.17) is 18.9 Å². The van der Waals surface area contributed by atoms with Crippen LogP contribution in [0.15, 0.2) is 54.7 Å². The van der Waals surface area contributed by atoms with Crippen LogP contribution in [0.25, 0.3) is 17.0 Å². The maximum Gasteiger partial charge on any atom is 0.415 e. The summed E-state index contributed by atoms with van der Waals surface area (Å²) in [6.07, 6.45) is 9.68. The molecule has 0 radical (unpaired) electrons. The molecular weight excluding hydrogens is 444 g/mol. The lowest BCUT2D eigenvalue weighted by molar-refractivity contribution is 0.0185. The van der Waals surface area contributed by atoms with Crippen molar-refractivity contribution in [2.75, 3.05) is 31.8 Å². The van der Waals surface area contributed by atoms with E-state index in [-0.39, 0.29) is 6.09 Å². The molecule has 7 heteroatoms. The molecule has 2 aliphatic heterocycles. The van der Waals surface area contributed by atoms with Gasteiger partial charge < -0.3 is 18.9 Å². The number of rotatable bonds is 4. The average Bonchev–Trinajstić information content (AvgIpc) is 3.23. The Morgan fingerprint density at radius 3 is 2.71 bits per heavy atom. The lowest BCUT2D eigenvalue weighted by Crippen LogP contribution is -2.38. The fourth-order valence-corrected chi connectivity index (χ4v) is 5.30. The van der Waals surface area contributed by atoms with E-state index in [0.717, 1.165) is 59.3 Å². The zero-order valence-electron chi connectivity index (χ0n) is 19.7. The van der Waals surface area contributed by atoms with Gasteiger partial charge in [0.05, 0.1) is 24.9 Å². The third-order valence-electron chi connectivity index (χ3n) is 7.28. The summed E-state index contributed by atoms with van der Waals surface area (Å²) in [5, 5.41) is 1.08. The largest absolute Gasteiger partial charge is 0.497 e. The van der Waals surface area contributed by atoms with Gasteiger partial charge >= 0.3 is 6.09 Å². The van der Waals surface area contributed by atoms with Crippen molar-refractivity contribution in [2.45, 2.75) is 31.3 Å². The van der Waals surface area contributed by atoms with Crippen LogP contribution >= 0.6 is 0 Å². The molecular formula is C28H28N2O5. The lowest BCUT2D eigenvalue weighted by atomic mass is 9.78. The highest BCUT2D eigenvalue weighted by molar-refractivity contribution is 5.91. The van der Waals surface area contributed by atoms with Gasteiger partial charge in [0.2, 0.25) is 0 Å². The Bertz CT molecular complexity index is 1300. The van der Waals surface area contributed by atoms with Crippen molar-refractivity contribution in [3.8, 4) is 17.2 Å². The summed E-state index contributed by atoms with van der Waals surface area (Å²) in [6, 6.07) is 13.6. The highest BCUT2D eigenvalue weighted by Crippen LogP contribution is 2.43. The van der Waals surface area contributed by atoms with Crippen LogP contribution in [0.3, 0.4) is 0 Å². The first kappa shape index (κ1) is 21.8. The highest BCUT2D eigenvalue weighted by atomic mass is 16.6. The molecule has 3 aromatic rings. The summed E-state index contributed by atoms with van der Waals surface area (Å²) >= 11 is 0. The molecule has 2 aromatic carbocycles. The first-order valence-corrected chi connectivity index (χ1v) is 12.1. The van der Waals surface area contributed by atoms with Crippen molar-refractivity contribution < 1.29 is 23.7 Å². The summed E-state index contributed by atoms with van der Waals surface area (Å²) < 4.78 is 22.6. The zero-order valence-corrected chi connectivity index (χ0v) is 19.7. The number of anilines is 1. The monoisotopic (exact) mass is 472 g/mol. The average molecular weight is 473 g/mol. The molecule has 3 aliphatic rings. The molecule has 35 heavy (non-hydrogen) atoms. The molecule has 6 rings (SSSR count). The Labute approximate surface area is 204 Å². The molecule has 0 N–H and O–H groups in total. The van der Waals surface area contributed by atoms with Crippen molar-refractivity contribution >= 4 is 28.8 Å². The van der Waals surface area contributed by atoms with E-state index in [1.54, 1.807) is 12.0 Å². The van der Waals surface area contributed by atoms with Crippen LogP contribution in [-0.4, -0.2) is 43.5 Å². The Morgan fingerprint density at radius 1 is 1.06 bits per heavy atom. The van der Waals surface area contributed by atoms with Crippen molar-refractivity contribution in [1.82, 2.24) is 4.98 Å². The maximum absolute atomic E-state index is 12.8. The van der Waals surface area contributed by atoms with Gasteiger partial charge in [0.1, 0.15) is 24.6 Å². The number of methoxy groups -OCH3 is 1. The molecule has 1 saturated carbocycles. The zero-order chi connectivity index (χ0) is 23.8. The maximum atomic E-state index is 12.8. The molecule has 0 bridgehead atoms. The van der Waals surface area contributed by atoms with Crippen LogP contribution in [0.5, 0.6) is 17.2 Å². The second-order valence-electron chi connectivity index (χ2n) is 9.44. The van der Waals surface area contributed by atoms with Crippen LogP contribution < -0.4 is 19.1 Å². The summed E-state index contributed by atoms with van der Waals surface area (Å²) in [5.41, 5.74) is 2.45. The number of benzene rings is 2. The van der Waals surface area contributed by atoms with Gasteiger partial charge in [0, 0.05) is 17.6 Å². The van der Waals surface area contributed by atoms with E-state index >= 15 is 0 Å². The molecule has 0 unspecified atom stereocenters. The van der Waals surface area contributed by atoms with E-state index in [1.807, 2.05) is 48.7 Å². The number of pyridine rings is 1.